The van der Waals surface area contributed by atoms with Crippen molar-refractivity contribution in [2.24, 2.45) is 4.99 Å². The van der Waals surface area contributed by atoms with Gasteiger partial charge in [0, 0.05) is 45.7 Å². The van der Waals surface area contributed by atoms with E-state index in [0.29, 0.717) is 32.5 Å². The van der Waals surface area contributed by atoms with Crippen LogP contribution in [0.5, 0.6) is 0 Å². The molecule has 1 fully saturated rings. The predicted molar refractivity (Wildman–Crippen MR) is 91.9 cm³/mol. The molecule has 1 aliphatic rings. The number of nitrogens with zero attached hydrogens (tertiary/aromatic N) is 2. The summed E-state index contributed by atoms with van der Waals surface area (Å²) in [5.41, 5.74) is 0. The van der Waals surface area contributed by atoms with Crippen LogP contribution in [0.15, 0.2) is 4.99 Å². The summed E-state index contributed by atoms with van der Waals surface area (Å²) in [5, 5.41) is 6.31. The predicted octanol–water partition coefficient (Wildman–Crippen LogP) is -0.507. The summed E-state index contributed by atoms with van der Waals surface area (Å²) in [6.45, 7) is 6.08. The van der Waals surface area contributed by atoms with E-state index in [2.05, 4.69) is 20.3 Å². The van der Waals surface area contributed by atoms with Gasteiger partial charge in [-0.3, -0.25) is 9.79 Å². The van der Waals surface area contributed by atoms with Gasteiger partial charge in [-0.25, -0.2) is 13.1 Å². The van der Waals surface area contributed by atoms with Gasteiger partial charge >= 0.3 is 0 Å². The number of hydrogen-bond acceptors (Lipinski definition) is 4. The minimum Gasteiger partial charge on any atom is -0.357 e. The summed E-state index contributed by atoms with van der Waals surface area (Å²) < 4.78 is 24.3. The average Bonchev–Trinajstić information content (AvgIpc) is 2.87. The highest BCUT2D eigenvalue weighted by molar-refractivity contribution is 7.88. The molecule has 1 heterocycles. The number of guanidine groups is 1. The molecule has 0 aromatic rings. The number of hydrogen-bond donors (Lipinski definition) is 3. The zero-order chi connectivity index (χ0) is 17.1. The van der Waals surface area contributed by atoms with Gasteiger partial charge in [0.15, 0.2) is 5.96 Å². The van der Waals surface area contributed by atoms with E-state index in [1.807, 2.05) is 11.8 Å². The van der Waals surface area contributed by atoms with Crippen LogP contribution in [0.4, 0.5) is 0 Å². The topological polar surface area (TPSA) is 103 Å². The largest absolute Gasteiger partial charge is 0.357 e. The van der Waals surface area contributed by atoms with E-state index in [0.717, 1.165) is 44.7 Å². The first kappa shape index (κ1) is 19.7. The first-order valence-electron chi connectivity index (χ1n) is 8.17. The van der Waals surface area contributed by atoms with Gasteiger partial charge in [0.1, 0.15) is 0 Å². The SMILES string of the molecule is CCNC(=NCCCN1CCCC1=O)NCCCNS(C)(=O)=O. The highest BCUT2D eigenvalue weighted by atomic mass is 32.2. The van der Waals surface area contributed by atoms with Gasteiger partial charge in [0.25, 0.3) is 0 Å². The van der Waals surface area contributed by atoms with Crippen molar-refractivity contribution in [2.45, 2.75) is 32.6 Å². The highest BCUT2D eigenvalue weighted by Crippen LogP contribution is 2.09. The standard InChI is InChI=1S/C14H29N5O3S/c1-3-15-14(16-8-5-10-18-23(2,21)22)17-9-6-12-19-11-4-7-13(19)20/h18H,3-12H2,1-2H3,(H2,15,16,17). The van der Waals surface area contributed by atoms with Crippen LogP contribution in [0.2, 0.25) is 0 Å². The molecule has 9 heteroatoms. The quantitative estimate of drug-likeness (QED) is 0.281. The molecule has 0 aliphatic carbocycles. The maximum Gasteiger partial charge on any atom is 0.222 e. The maximum atomic E-state index is 11.5. The van der Waals surface area contributed by atoms with Crippen LogP contribution >= 0.6 is 0 Å². The van der Waals surface area contributed by atoms with Crippen LogP contribution in [0, 0.1) is 0 Å². The molecule has 0 saturated carbocycles. The molecule has 0 bridgehead atoms. The van der Waals surface area contributed by atoms with E-state index in [9.17, 15) is 13.2 Å². The van der Waals surface area contributed by atoms with Gasteiger partial charge in [-0.15, -0.1) is 0 Å². The summed E-state index contributed by atoms with van der Waals surface area (Å²) >= 11 is 0. The Morgan fingerprint density at radius 3 is 2.65 bits per heavy atom. The Morgan fingerprint density at radius 1 is 1.26 bits per heavy atom. The summed E-state index contributed by atoms with van der Waals surface area (Å²) in [7, 11) is -3.12. The number of aliphatic imine (C=N–C) groups is 1. The Labute approximate surface area is 139 Å². The summed E-state index contributed by atoms with van der Waals surface area (Å²) in [4.78, 5) is 17.9. The molecular formula is C14H29N5O3S. The zero-order valence-corrected chi connectivity index (χ0v) is 14.9. The number of amides is 1. The molecular weight excluding hydrogens is 318 g/mol. The summed E-state index contributed by atoms with van der Waals surface area (Å²) in [5.74, 6) is 0.969. The third-order valence-corrected chi connectivity index (χ3v) is 4.11. The monoisotopic (exact) mass is 347 g/mol. The van der Waals surface area contributed by atoms with E-state index in [1.165, 1.54) is 0 Å². The second-order valence-corrected chi connectivity index (χ2v) is 7.38. The van der Waals surface area contributed by atoms with Crippen LogP contribution in [0.25, 0.3) is 0 Å². The molecule has 1 amide bonds. The molecule has 3 N–H and O–H groups in total. The molecule has 134 valence electrons. The number of sulfonamides is 1. The molecule has 1 aliphatic heterocycles. The molecule has 0 aromatic carbocycles. The van der Waals surface area contributed by atoms with Gasteiger partial charge < -0.3 is 15.5 Å². The van der Waals surface area contributed by atoms with Crippen LogP contribution in [-0.4, -0.2) is 70.7 Å². The molecule has 0 spiro atoms. The first-order valence-corrected chi connectivity index (χ1v) is 10.1. The fourth-order valence-electron chi connectivity index (χ4n) is 2.29. The minimum atomic E-state index is -3.12. The van der Waals surface area contributed by atoms with Crippen molar-refractivity contribution in [3.8, 4) is 0 Å². The third kappa shape index (κ3) is 9.39. The van der Waals surface area contributed by atoms with Crippen molar-refractivity contribution in [2.75, 3.05) is 45.5 Å². The van der Waals surface area contributed by atoms with E-state index in [4.69, 9.17) is 0 Å². The van der Waals surface area contributed by atoms with Crippen molar-refractivity contribution in [3.05, 3.63) is 0 Å². The number of carbonyl (C=O) groups excluding carboxylic acids is 1. The van der Waals surface area contributed by atoms with Gasteiger partial charge in [-0.1, -0.05) is 0 Å². The lowest BCUT2D eigenvalue weighted by Crippen LogP contribution is -2.39. The second-order valence-electron chi connectivity index (χ2n) is 5.55. The molecule has 23 heavy (non-hydrogen) atoms. The van der Waals surface area contributed by atoms with Crippen molar-refractivity contribution < 1.29 is 13.2 Å². The lowest BCUT2D eigenvalue weighted by Gasteiger charge is -2.15. The Hall–Kier alpha value is -1.35. The van der Waals surface area contributed by atoms with E-state index in [1.54, 1.807) is 0 Å². The molecule has 1 rings (SSSR count). The highest BCUT2D eigenvalue weighted by Gasteiger charge is 2.18. The second kappa shape index (κ2) is 10.4. The van der Waals surface area contributed by atoms with Crippen molar-refractivity contribution in [1.82, 2.24) is 20.3 Å². The lowest BCUT2D eigenvalue weighted by molar-refractivity contribution is -0.127. The smallest absolute Gasteiger partial charge is 0.222 e. The number of carbonyl (C=O) groups is 1. The molecule has 0 unspecified atom stereocenters. The Morgan fingerprint density at radius 2 is 2.04 bits per heavy atom. The normalized spacial score (nSPS) is 16.0. The molecule has 8 nitrogen and oxygen atoms in total. The van der Waals surface area contributed by atoms with Gasteiger partial charge in [0.2, 0.25) is 15.9 Å². The number of rotatable bonds is 10. The van der Waals surface area contributed by atoms with Gasteiger partial charge in [-0.2, -0.15) is 0 Å². The fourth-order valence-corrected chi connectivity index (χ4v) is 2.80. The van der Waals surface area contributed by atoms with E-state index >= 15 is 0 Å². The minimum absolute atomic E-state index is 0.248. The van der Waals surface area contributed by atoms with Crippen LogP contribution in [-0.2, 0) is 14.8 Å². The Kier molecular flexibility index (Phi) is 8.93. The molecule has 0 radical (unpaired) electrons. The lowest BCUT2D eigenvalue weighted by atomic mass is 10.4. The Bertz CT molecular complexity index is 493. The van der Waals surface area contributed by atoms with E-state index < -0.39 is 10.0 Å². The Balaban J connectivity index is 2.20. The molecule has 1 saturated heterocycles. The third-order valence-electron chi connectivity index (χ3n) is 3.38. The van der Waals surface area contributed by atoms with Crippen molar-refractivity contribution in [3.63, 3.8) is 0 Å². The maximum absolute atomic E-state index is 11.5. The van der Waals surface area contributed by atoms with Crippen LogP contribution in [0.3, 0.4) is 0 Å². The molecule has 0 atom stereocenters. The zero-order valence-electron chi connectivity index (χ0n) is 14.1. The fraction of sp³-hybridized carbons (Fsp3) is 0.857. The van der Waals surface area contributed by atoms with Crippen LogP contribution < -0.4 is 15.4 Å². The summed E-state index contributed by atoms with van der Waals surface area (Å²) in [6.07, 6.45) is 4.32. The van der Waals surface area contributed by atoms with Crippen molar-refractivity contribution >= 4 is 21.9 Å². The van der Waals surface area contributed by atoms with Gasteiger partial charge in [-0.05, 0) is 26.2 Å². The molecule has 0 aromatic heterocycles. The van der Waals surface area contributed by atoms with Gasteiger partial charge in [0.05, 0.1) is 6.26 Å². The first-order chi connectivity index (χ1) is 10.9. The summed E-state index contributed by atoms with van der Waals surface area (Å²) in [6, 6.07) is 0. The number of likely N-dealkylation sites (tertiary alicyclic amines) is 1. The van der Waals surface area contributed by atoms with Crippen molar-refractivity contribution in [1.29, 1.82) is 0 Å². The average molecular weight is 347 g/mol. The van der Waals surface area contributed by atoms with Crippen LogP contribution in [0.1, 0.15) is 32.6 Å². The number of nitrogens with one attached hydrogen (secondary N) is 3. The van der Waals surface area contributed by atoms with E-state index in [-0.39, 0.29) is 5.91 Å².